The van der Waals surface area contributed by atoms with Crippen molar-refractivity contribution in [2.24, 2.45) is 5.92 Å². The summed E-state index contributed by atoms with van der Waals surface area (Å²) in [6, 6.07) is 5.51. The van der Waals surface area contributed by atoms with Crippen molar-refractivity contribution in [3.8, 4) is 5.75 Å². The minimum atomic E-state index is -0.0780. The number of rotatable bonds is 9. The second kappa shape index (κ2) is 8.72. The van der Waals surface area contributed by atoms with Crippen LogP contribution in [0.4, 0.5) is 0 Å². The molecule has 0 spiro atoms. The lowest BCUT2D eigenvalue weighted by Gasteiger charge is -2.10. The molecule has 0 atom stereocenters. The maximum atomic E-state index is 12.0. The van der Waals surface area contributed by atoms with Gasteiger partial charge in [0.2, 0.25) is 0 Å². The molecule has 20 heavy (non-hydrogen) atoms. The molecule has 0 unspecified atom stereocenters. The second-order valence-corrected chi connectivity index (χ2v) is 5.15. The fourth-order valence-electron chi connectivity index (χ4n) is 1.71. The number of hydrogen-bond donors (Lipinski definition) is 0. The van der Waals surface area contributed by atoms with E-state index in [2.05, 4.69) is 13.8 Å². The highest BCUT2D eigenvalue weighted by Gasteiger charge is 2.12. The van der Waals surface area contributed by atoms with Crippen LogP contribution in [0.15, 0.2) is 18.2 Å². The van der Waals surface area contributed by atoms with Gasteiger partial charge < -0.3 is 14.2 Å². The zero-order valence-corrected chi connectivity index (χ0v) is 12.8. The van der Waals surface area contributed by atoms with Crippen LogP contribution in [0.3, 0.4) is 0 Å². The molecule has 0 saturated heterocycles. The smallest absolute Gasteiger partial charge is 0.192 e. The van der Waals surface area contributed by atoms with Gasteiger partial charge >= 0.3 is 0 Å². The molecule has 0 bridgehead atoms. The van der Waals surface area contributed by atoms with Crippen molar-refractivity contribution >= 4 is 5.78 Å². The van der Waals surface area contributed by atoms with Crippen LogP contribution in [0.2, 0.25) is 0 Å². The average Bonchev–Trinajstić information content (AvgIpc) is 2.41. The second-order valence-electron chi connectivity index (χ2n) is 5.15. The molecule has 0 aliphatic carbocycles. The van der Waals surface area contributed by atoms with Gasteiger partial charge in [0.1, 0.15) is 12.4 Å². The Morgan fingerprint density at radius 3 is 2.55 bits per heavy atom. The van der Waals surface area contributed by atoms with Gasteiger partial charge in [-0.05, 0) is 30.5 Å². The van der Waals surface area contributed by atoms with Gasteiger partial charge in [-0.1, -0.05) is 19.9 Å². The van der Waals surface area contributed by atoms with Gasteiger partial charge in [-0.3, -0.25) is 4.79 Å². The van der Waals surface area contributed by atoms with Crippen LogP contribution in [0, 0.1) is 12.8 Å². The lowest BCUT2D eigenvalue weighted by Crippen LogP contribution is -2.14. The summed E-state index contributed by atoms with van der Waals surface area (Å²) in [6.45, 7) is 7.83. The fourth-order valence-corrected chi connectivity index (χ4v) is 1.71. The van der Waals surface area contributed by atoms with E-state index in [0.29, 0.717) is 37.1 Å². The molecule has 0 amide bonds. The predicted octanol–water partition coefficient (Wildman–Crippen LogP) is 2.88. The highest BCUT2D eigenvalue weighted by Crippen LogP contribution is 2.20. The van der Waals surface area contributed by atoms with Gasteiger partial charge in [-0.2, -0.15) is 0 Å². The van der Waals surface area contributed by atoms with Gasteiger partial charge in [0.05, 0.1) is 25.9 Å². The maximum absolute atomic E-state index is 12.0. The summed E-state index contributed by atoms with van der Waals surface area (Å²) < 4.78 is 15.9. The number of carbonyl (C=O) groups is 1. The summed E-state index contributed by atoms with van der Waals surface area (Å²) >= 11 is 0. The third-order valence-corrected chi connectivity index (χ3v) is 2.71. The lowest BCUT2D eigenvalue weighted by molar-refractivity contribution is 0.0363. The summed E-state index contributed by atoms with van der Waals surface area (Å²) in [4.78, 5) is 12.0. The van der Waals surface area contributed by atoms with Crippen LogP contribution in [-0.2, 0) is 9.47 Å². The van der Waals surface area contributed by atoms with Crippen LogP contribution < -0.4 is 4.74 Å². The van der Waals surface area contributed by atoms with Crippen molar-refractivity contribution in [3.63, 3.8) is 0 Å². The molecule has 0 radical (unpaired) electrons. The Hall–Kier alpha value is -1.39. The normalized spacial score (nSPS) is 10.8. The van der Waals surface area contributed by atoms with E-state index >= 15 is 0 Å². The van der Waals surface area contributed by atoms with Gasteiger partial charge in [0.25, 0.3) is 0 Å². The first-order valence-corrected chi connectivity index (χ1v) is 6.88. The van der Waals surface area contributed by atoms with E-state index < -0.39 is 0 Å². The molecule has 1 aromatic rings. The Bertz CT molecular complexity index is 426. The SMILES string of the molecule is COc1cc(C)ccc1C(=O)COCCOCC(C)C. The highest BCUT2D eigenvalue weighted by molar-refractivity contribution is 5.99. The average molecular weight is 280 g/mol. The van der Waals surface area contributed by atoms with E-state index in [-0.39, 0.29) is 12.4 Å². The van der Waals surface area contributed by atoms with Crippen molar-refractivity contribution < 1.29 is 19.0 Å². The fraction of sp³-hybridized carbons (Fsp3) is 0.562. The standard InChI is InChI=1S/C16H24O4/c1-12(2)10-19-7-8-20-11-15(17)14-6-5-13(3)9-16(14)18-4/h5-6,9,12H,7-8,10-11H2,1-4H3. The quantitative estimate of drug-likeness (QED) is 0.515. The molecular weight excluding hydrogens is 256 g/mol. The summed E-state index contributed by atoms with van der Waals surface area (Å²) in [5.74, 6) is 1.02. The summed E-state index contributed by atoms with van der Waals surface area (Å²) in [5, 5.41) is 0. The van der Waals surface area contributed by atoms with Crippen LogP contribution in [0.5, 0.6) is 5.75 Å². The Kier molecular flexibility index (Phi) is 7.26. The van der Waals surface area contributed by atoms with Gasteiger partial charge in [-0.15, -0.1) is 0 Å². The molecular formula is C16H24O4. The molecule has 0 aliphatic heterocycles. The highest BCUT2D eigenvalue weighted by atomic mass is 16.5. The largest absolute Gasteiger partial charge is 0.496 e. The number of ether oxygens (including phenoxy) is 3. The van der Waals surface area contributed by atoms with E-state index in [9.17, 15) is 4.79 Å². The van der Waals surface area contributed by atoms with Crippen molar-refractivity contribution in [2.45, 2.75) is 20.8 Å². The summed E-state index contributed by atoms with van der Waals surface area (Å²) in [7, 11) is 1.56. The topological polar surface area (TPSA) is 44.8 Å². The molecule has 1 rings (SSSR count). The van der Waals surface area contributed by atoms with Gasteiger partial charge in [-0.25, -0.2) is 0 Å². The predicted molar refractivity (Wildman–Crippen MR) is 78.5 cm³/mol. The maximum Gasteiger partial charge on any atom is 0.192 e. The first-order valence-electron chi connectivity index (χ1n) is 6.88. The summed E-state index contributed by atoms with van der Waals surface area (Å²) in [6.07, 6.45) is 0. The number of carbonyl (C=O) groups excluding carboxylic acids is 1. The first-order chi connectivity index (χ1) is 9.54. The van der Waals surface area contributed by atoms with Crippen LogP contribution in [-0.4, -0.2) is 39.3 Å². The molecule has 4 nitrogen and oxygen atoms in total. The molecule has 4 heteroatoms. The molecule has 0 fully saturated rings. The number of methoxy groups -OCH3 is 1. The van der Waals surface area contributed by atoms with E-state index in [1.807, 2.05) is 19.1 Å². The van der Waals surface area contributed by atoms with E-state index in [0.717, 1.165) is 5.56 Å². The minimum Gasteiger partial charge on any atom is -0.496 e. The van der Waals surface area contributed by atoms with Crippen molar-refractivity contribution in [2.75, 3.05) is 33.5 Å². The van der Waals surface area contributed by atoms with Crippen molar-refractivity contribution in [3.05, 3.63) is 29.3 Å². The van der Waals surface area contributed by atoms with E-state index in [1.165, 1.54) is 0 Å². The Morgan fingerprint density at radius 1 is 1.20 bits per heavy atom. The third-order valence-electron chi connectivity index (χ3n) is 2.71. The molecule has 1 aromatic carbocycles. The Balaban J connectivity index is 2.36. The summed E-state index contributed by atoms with van der Waals surface area (Å²) in [5.41, 5.74) is 1.61. The Morgan fingerprint density at radius 2 is 1.90 bits per heavy atom. The number of hydrogen-bond acceptors (Lipinski definition) is 4. The molecule has 0 aliphatic rings. The van der Waals surface area contributed by atoms with Crippen LogP contribution in [0.1, 0.15) is 29.8 Å². The van der Waals surface area contributed by atoms with Crippen LogP contribution in [0.25, 0.3) is 0 Å². The molecule has 0 N–H and O–H groups in total. The zero-order valence-electron chi connectivity index (χ0n) is 12.8. The van der Waals surface area contributed by atoms with E-state index in [1.54, 1.807) is 13.2 Å². The van der Waals surface area contributed by atoms with Crippen molar-refractivity contribution in [1.82, 2.24) is 0 Å². The molecule has 0 aromatic heterocycles. The molecule has 0 saturated carbocycles. The monoisotopic (exact) mass is 280 g/mol. The molecule has 0 heterocycles. The van der Waals surface area contributed by atoms with Gasteiger partial charge in [0, 0.05) is 6.61 Å². The first kappa shape index (κ1) is 16.7. The van der Waals surface area contributed by atoms with Crippen LogP contribution >= 0.6 is 0 Å². The third kappa shape index (κ3) is 5.72. The Labute approximate surface area is 121 Å². The lowest BCUT2D eigenvalue weighted by atomic mass is 10.1. The van der Waals surface area contributed by atoms with E-state index in [4.69, 9.17) is 14.2 Å². The zero-order chi connectivity index (χ0) is 15.0. The molecule has 112 valence electrons. The van der Waals surface area contributed by atoms with Gasteiger partial charge in [0.15, 0.2) is 5.78 Å². The number of aryl methyl sites for hydroxylation is 1. The number of Topliss-reactive ketones (excluding diaryl/α,β-unsaturated/α-hetero) is 1. The number of ketones is 1. The minimum absolute atomic E-state index is 0.0461. The van der Waals surface area contributed by atoms with Crippen molar-refractivity contribution in [1.29, 1.82) is 0 Å². The number of benzene rings is 1.